The van der Waals surface area contributed by atoms with E-state index in [0.29, 0.717) is 25.7 Å². The van der Waals surface area contributed by atoms with Gasteiger partial charge in [0.15, 0.2) is 0 Å². The summed E-state index contributed by atoms with van der Waals surface area (Å²) < 4.78 is 39.3. The number of non-ortho nitro benzene ring substituents is 1. The van der Waals surface area contributed by atoms with E-state index in [1.54, 1.807) is 4.90 Å². The summed E-state index contributed by atoms with van der Waals surface area (Å²) in [4.78, 5) is 11.4. The second kappa shape index (κ2) is 5.66. The van der Waals surface area contributed by atoms with E-state index < -0.39 is 22.4 Å². The number of hydrogen-bond acceptors (Lipinski definition) is 4. The van der Waals surface area contributed by atoms with Gasteiger partial charge in [0.2, 0.25) is 0 Å². The molecule has 1 saturated heterocycles. The second-order valence-corrected chi connectivity index (χ2v) is 4.55. The first-order chi connectivity index (χ1) is 9.39. The van der Waals surface area contributed by atoms with Crippen LogP contribution in [0.3, 0.4) is 0 Å². The number of alkyl halides is 3. The van der Waals surface area contributed by atoms with E-state index in [2.05, 4.69) is 5.32 Å². The molecule has 5 nitrogen and oxygen atoms in total. The largest absolute Gasteiger partial charge is 0.418 e. The first-order valence-electron chi connectivity index (χ1n) is 6.21. The molecule has 0 bridgehead atoms. The number of nitrogens with one attached hydrogen (secondary N) is 1. The molecule has 0 atom stereocenters. The molecule has 0 radical (unpaired) electrons. The highest BCUT2D eigenvalue weighted by Gasteiger charge is 2.36. The van der Waals surface area contributed by atoms with Crippen LogP contribution in [0.2, 0.25) is 0 Å². The molecular formula is C12H14F3N3O2. The Kier molecular flexibility index (Phi) is 4.12. The Hall–Kier alpha value is -1.83. The van der Waals surface area contributed by atoms with Crippen LogP contribution in [0.1, 0.15) is 12.0 Å². The van der Waals surface area contributed by atoms with Crippen molar-refractivity contribution in [3.63, 3.8) is 0 Å². The lowest BCUT2D eigenvalue weighted by Gasteiger charge is -2.25. The quantitative estimate of drug-likeness (QED) is 0.671. The third kappa shape index (κ3) is 3.19. The Morgan fingerprint density at radius 2 is 2.00 bits per heavy atom. The van der Waals surface area contributed by atoms with Crippen molar-refractivity contribution >= 4 is 11.4 Å². The molecule has 0 aliphatic carbocycles. The summed E-state index contributed by atoms with van der Waals surface area (Å²) in [6.45, 7) is 2.29. The number of halogens is 3. The summed E-state index contributed by atoms with van der Waals surface area (Å²) in [6, 6.07) is 2.91. The number of nitro groups is 1. The van der Waals surface area contributed by atoms with E-state index in [-0.39, 0.29) is 5.69 Å². The van der Waals surface area contributed by atoms with Gasteiger partial charge in [0.05, 0.1) is 10.5 Å². The first-order valence-corrected chi connectivity index (χ1v) is 6.21. The standard InChI is InChI=1S/C12H14F3N3O2/c13-12(14,15)10-8-9(18(19)20)2-3-11(10)17-6-1-4-16-5-7-17/h2-3,8,16H,1,4-7H2. The van der Waals surface area contributed by atoms with Crippen LogP contribution in [0.5, 0.6) is 0 Å². The van der Waals surface area contributed by atoms with Crippen molar-refractivity contribution in [2.24, 2.45) is 0 Å². The van der Waals surface area contributed by atoms with E-state index in [1.807, 2.05) is 0 Å². The Labute approximate surface area is 113 Å². The minimum absolute atomic E-state index is 0.00630. The number of hydrogen-bond donors (Lipinski definition) is 1. The van der Waals surface area contributed by atoms with Crippen molar-refractivity contribution in [2.45, 2.75) is 12.6 Å². The molecule has 0 spiro atoms. The molecule has 1 aliphatic rings. The van der Waals surface area contributed by atoms with Gasteiger partial charge in [0, 0.05) is 37.5 Å². The van der Waals surface area contributed by atoms with Crippen LogP contribution < -0.4 is 10.2 Å². The fraction of sp³-hybridized carbons (Fsp3) is 0.500. The SMILES string of the molecule is O=[N+]([O-])c1ccc(N2CCCNCC2)c(C(F)(F)F)c1. The van der Waals surface area contributed by atoms with Gasteiger partial charge in [0.25, 0.3) is 5.69 Å². The van der Waals surface area contributed by atoms with Gasteiger partial charge >= 0.3 is 6.18 Å². The maximum absolute atomic E-state index is 13.1. The molecular weight excluding hydrogens is 275 g/mol. The summed E-state index contributed by atoms with van der Waals surface area (Å²) >= 11 is 0. The fourth-order valence-electron chi connectivity index (χ4n) is 2.23. The summed E-state index contributed by atoms with van der Waals surface area (Å²) in [5, 5.41) is 13.7. The van der Waals surface area contributed by atoms with Crippen LogP contribution in [0.15, 0.2) is 18.2 Å². The molecule has 0 saturated carbocycles. The smallest absolute Gasteiger partial charge is 0.370 e. The van der Waals surface area contributed by atoms with Crippen molar-refractivity contribution in [1.29, 1.82) is 0 Å². The maximum atomic E-state index is 13.1. The molecule has 1 N–H and O–H groups in total. The number of anilines is 1. The third-order valence-electron chi connectivity index (χ3n) is 3.18. The lowest BCUT2D eigenvalue weighted by Crippen LogP contribution is -2.29. The number of benzene rings is 1. The Morgan fingerprint density at radius 3 is 2.65 bits per heavy atom. The maximum Gasteiger partial charge on any atom is 0.418 e. The van der Waals surface area contributed by atoms with Crippen LogP contribution in [0, 0.1) is 10.1 Å². The van der Waals surface area contributed by atoms with Crippen LogP contribution in [0.25, 0.3) is 0 Å². The van der Waals surface area contributed by atoms with Crippen LogP contribution in [-0.2, 0) is 6.18 Å². The van der Waals surface area contributed by atoms with Crippen molar-refractivity contribution in [1.82, 2.24) is 5.32 Å². The van der Waals surface area contributed by atoms with Crippen molar-refractivity contribution in [3.05, 3.63) is 33.9 Å². The molecule has 0 unspecified atom stereocenters. The van der Waals surface area contributed by atoms with Gasteiger partial charge < -0.3 is 10.2 Å². The third-order valence-corrected chi connectivity index (χ3v) is 3.18. The van der Waals surface area contributed by atoms with Crippen LogP contribution >= 0.6 is 0 Å². The van der Waals surface area contributed by atoms with Gasteiger partial charge in [-0.2, -0.15) is 13.2 Å². The normalized spacial score (nSPS) is 16.9. The fourth-order valence-corrected chi connectivity index (χ4v) is 2.23. The summed E-state index contributed by atoms with van der Waals surface area (Å²) in [5.41, 5.74) is -1.49. The van der Waals surface area contributed by atoms with Gasteiger partial charge in [0.1, 0.15) is 0 Å². The highest BCUT2D eigenvalue weighted by molar-refractivity contribution is 5.59. The predicted octanol–water partition coefficient (Wildman–Crippen LogP) is 2.41. The topological polar surface area (TPSA) is 58.4 Å². The first kappa shape index (κ1) is 14.6. The van der Waals surface area contributed by atoms with Crippen molar-refractivity contribution in [3.8, 4) is 0 Å². The van der Waals surface area contributed by atoms with Crippen molar-refractivity contribution < 1.29 is 18.1 Å². The molecule has 110 valence electrons. The second-order valence-electron chi connectivity index (χ2n) is 4.55. The molecule has 0 aromatic heterocycles. The Balaban J connectivity index is 2.43. The molecule has 2 rings (SSSR count). The Bertz CT molecular complexity index is 497. The van der Waals surface area contributed by atoms with E-state index in [4.69, 9.17) is 0 Å². The zero-order chi connectivity index (χ0) is 14.8. The average molecular weight is 289 g/mol. The molecule has 1 aliphatic heterocycles. The van der Waals surface area contributed by atoms with E-state index in [1.165, 1.54) is 6.07 Å². The minimum atomic E-state index is -4.61. The zero-order valence-corrected chi connectivity index (χ0v) is 10.6. The molecule has 0 amide bonds. The Morgan fingerprint density at radius 1 is 1.25 bits per heavy atom. The number of nitro benzene ring substituents is 1. The highest BCUT2D eigenvalue weighted by atomic mass is 19.4. The summed E-state index contributed by atoms with van der Waals surface area (Å²) in [5.74, 6) is 0. The average Bonchev–Trinajstić information content (AvgIpc) is 2.65. The lowest BCUT2D eigenvalue weighted by molar-refractivity contribution is -0.385. The van der Waals surface area contributed by atoms with Crippen LogP contribution in [-0.4, -0.2) is 31.1 Å². The van der Waals surface area contributed by atoms with Crippen molar-refractivity contribution in [2.75, 3.05) is 31.1 Å². The van der Waals surface area contributed by atoms with Gasteiger partial charge in [-0.25, -0.2) is 0 Å². The van der Waals surface area contributed by atoms with E-state index >= 15 is 0 Å². The number of rotatable bonds is 2. The molecule has 1 aromatic rings. The zero-order valence-electron chi connectivity index (χ0n) is 10.6. The van der Waals surface area contributed by atoms with E-state index in [9.17, 15) is 23.3 Å². The molecule has 8 heteroatoms. The highest BCUT2D eigenvalue weighted by Crippen LogP contribution is 2.38. The monoisotopic (exact) mass is 289 g/mol. The molecule has 1 heterocycles. The minimum Gasteiger partial charge on any atom is -0.370 e. The van der Waals surface area contributed by atoms with Gasteiger partial charge in [-0.05, 0) is 19.0 Å². The molecule has 20 heavy (non-hydrogen) atoms. The lowest BCUT2D eigenvalue weighted by atomic mass is 10.1. The van der Waals surface area contributed by atoms with Gasteiger partial charge in [-0.1, -0.05) is 0 Å². The molecule has 1 fully saturated rings. The molecule has 1 aromatic carbocycles. The van der Waals surface area contributed by atoms with E-state index in [0.717, 1.165) is 19.0 Å². The summed E-state index contributed by atoms with van der Waals surface area (Å²) in [7, 11) is 0. The van der Waals surface area contributed by atoms with Gasteiger partial charge in [-0.15, -0.1) is 0 Å². The van der Waals surface area contributed by atoms with Crippen LogP contribution in [0.4, 0.5) is 24.5 Å². The number of nitrogens with zero attached hydrogens (tertiary/aromatic N) is 2. The predicted molar refractivity (Wildman–Crippen MR) is 67.8 cm³/mol. The summed E-state index contributed by atoms with van der Waals surface area (Å²) in [6.07, 6.45) is -3.88. The van der Waals surface area contributed by atoms with Gasteiger partial charge in [-0.3, -0.25) is 10.1 Å².